The number of rotatable bonds is 4. The minimum atomic E-state index is -1.04. The maximum Gasteiger partial charge on any atom is 0.348 e. The highest BCUT2D eigenvalue weighted by Crippen LogP contribution is 2.23. The number of thiophene rings is 1. The lowest BCUT2D eigenvalue weighted by Gasteiger charge is -2.05. The monoisotopic (exact) mass is 293 g/mol. The second kappa shape index (κ2) is 5.90. The highest BCUT2D eigenvalue weighted by atomic mass is 32.2. The van der Waals surface area contributed by atoms with Gasteiger partial charge in [0.05, 0.1) is 5.69 Å². The van der Waals surface area contributed by atoms with Gasteiger partial charge in [0.2, 0.25) is 0 Å². The SMILES string of the molecule is CSc1ccc(C(=O)Nc2ccsc2C(=O)O)cc1. The van der Waals surface area contributed by atoms with Crippen LogP contribution in [0.4, 0.5) is 5.69 Å². The zero-order valence-corrected chi connectivity index (χ0v) is 11.7. The Morgan fingerprint density at radius 1 is 1.21 bits per heavy atom. The van der Waals surface area contributed by atoms with Crippen molar-refractivity contribution >= 4 is 40.7 Å². The number of carbonyl (C=O) groups is 2. The van der Waals surface area contributed by atoms with E-state index in [1.165, 1.54) is 0 Å². The normalized spacial score (nSPS) is 10.2. The van der Waals surface area contributed by atoms with Crippen LogP contribution < -0.4 is 5.32 Å². The van der Waals surface area contributed by atoms with E-state index in [1.807, 2.05) is 18.4 Å². The third-order valence-electron chi connectivity index (χ3n) is 2.46. The molecule has 2 aromatic rings. The average molecular weight is 293 g/mol. The van der Waals surface area contributed by atoms with E-state index in [0.29, 0.717) is 11.3 Å². The van der Waals surface area contributed by atoms with Gasteiger partial charge in [-0.05, 0) is 42.0 Å². The molecule has 0 unspecified atom stereocenters. The van der Waals surface area contributed by atoms with Crippen molar-refractivity contribution < 1.29 is 14.7 Å². The van der Waals surface area contributed by atoms with Crippen molar-refractivity contribution in [2.75, 3.05) is 11.6 Å². The molecule has 2 rings (SSSR count). The van der Waals surface area contributed by atoms with Crippen LogP contribution in [0.3, 0.4) is 0 Å². The summed E-state index contributed by atoms with van der Waals surface area (Å²) in [7, 11) is 0. The summed E-state index contributed by atoms with van der Waals surface area (Å²) < 4.78 is 0. The van der Waals surface area contributed by atoms with Crippen molar-refractivity contribution in [2.24, 2.45) is 0 Å². The van der Waals surface area contributed by atoms with Gasteiger partial charge in [0.1, 0.15) is 4.88 Å². The topological polar surface area (TPSA) is 66.4 Å². The summed E-state index contributed by atoms with van der Waals surface area (Å²) >= 11 is 2.68. The zero-order valence-electron chi connectivity index (χ0n) is 10.0. The number of anilines is 1. The van der Waals surface area contributed by atoms with Gasteiger partial charge in [0.15, 0.2) is 0 Å². The van der Waals surface area contributed by atoms with Crippen LogP contribution in [-0.4, -0.2) is 23.2 Å². The summed E-state index contributed by atoms with van der Waals surface area (Å²) in [5.41, 5.74) is 0.830. The van der Waals surface area contributed by atoms with E-state index in [0.717, 1.165) is 16.2 Å². The van der Waals surface area contributed by atoms with Crippen LogP contribution >= 0.6 is 23.1 Å². The number of benzene rings is 1. The first-order valence-electron chi connectivity index (χ1n) is 5.38. The van der Waals surface area contributed by atoms with E-state index >= 15 is 0 Å². The maximum absolute atomic E-state index is 12.0. The molecule has 4 nitrogen and oxygen atoms in total. The first-order chi connectivity index (χ1) is 9.11. The summed E-state index contributed by atoms with van der Waals surface area (Å²) in [6.07, 6.45) is 1.96. The molecule has 1 heterocycles. The first kappa shape index (κ1) is 13.6. The summed E-state index contributed by atoms with van der Waals surface area (Å²) in [5.74, 6) is -1.35. The minimum absolute atomic E-state index is 0.133. The number of carboxylic acids is 1. The van der Waals surface area contributed by atoms with Gasteiger partial charge in [-0.3, -0.25) is 4.79 Å². The second-order valence-corrected chi connectivity index (χ2v) is 5.45. The summed E-state index contributed by atoms with van der Waals surface area (Å²) in [6, 6.07) is 8.72. The fourth-order valence-corrected chi connectivity index (χ4v) is 2.61. The molecule has 0 fully saturated rings. The molecular weight excluding hydrogens is 282 g/mol. The maximum atomic E-state index is 12.0. The minimum Gasteiger partial charge on any atom is -0.477 e. The lowest BCUT2D eigenvalue weighted by Crippen LogP contribution is -2.13. The van der Waals surface area contributed by atoms with Gasteiger partial charge in [-0.2, -0.15) is 0 Å². The summed E-state index contributed by atoms with van der Waals surface area (Å²) in [6.45, 7) is 0. The third kappa shape index (κ3) is 3.15. The van der Waals surface area contributed by atoms with Crippen molar-refractivity contribution in [1.82, 2.24) is 0 Å². The van der Waals surface area contributed by atoms with E-state index in [4.69, 9.17) is 5.11 Å². The van der Waals surface area contributed by atoms with Crippen LogP contribution in [0.2, 0.25) is 0 Å². The van der Waals surface area contributed by atoms with E-state index in [2.05, 4.69) is 5.32 Å². The fourth-order valence-electron chi connectivity index (χ4n) is 1.51. The molecule has 1 amide bonds. The number of hydrogen-bond donors (Lipinski definition) is 2. The number of amides is 1. The number of carbonyl (C=O) groups excluding carboxylic acids is 1. The molecule has 0 aliphatic carbocycles. The Bertz CT molecular complexity index is 605. The smallest absolute Gasteiger partial charge is 0.348 e. The highest BCUT2D eigenvalue weighted by Gasteiger charge is 2.14. The van der Waals surface area contributed by atoms with Crippen LogP contribution in [0.5, 0.6) is 0 Å². The molecular formula is C13H11NO3S2. The molecule has 0 radical (unpaired) electrons. The Morgan fingerprint density at radius 2 is 1.89 bits per heavy atom. The predicted octanol–water partition coefficient (Wildman–Crippen LogP) is 3.42. The molecule has 0 spiro atoms. The molecule has 0 aliphatic rings. The number of thioether (sulfide) groups is 1. The number of hydrogen-bond acceptors (Lipinski definition) is 4. The molecule has 2 N–H and O–H groups in total. The van der Waals surface area contributed by atoms with Crippen molar-refractivity contribution in [3.63, 3.8) is 0 Å². The van der Waals surface area contributed by atoms with Crippen LogP contribution in [0.15, 0.2) is 40.6 Å². The van der Waals surface area contributed by atoms with Crippen molar-refractivity contribution in [2.45, 2.75) is 4.90 Å². The Morgan fingerprint density at radius 3 is 2.47 bits per heavy atom. The van der Waals surface area contributed by atoms with Gasteiger partial charge in [0, 0.05) is 10.5 Å². The molecule has 0 atom stereocenters. The van der Waals surface area contributed by atoms with Gasteiger partial charge in [-0.25, -0.2) is 4.79 Å². The standard InChI is InChI=1S/C13H11NO3S2/c1-18-9-4-2-8(3-5-9)12(15)14-10-6-7-19-11(10)13(16)17/h2-7H,1H3,(H,14,15)(H,16,17). The molecule has 19 heavy (non-hydrogen) atoms. The Hall–Kier alpha value is -1.79. The summed E-state index contributed by atoms with van der Waals surface area (Å²) in [4.78, 5) is 24.1. The van der Waals surface area contributed by atoms with Crippen molar-refractivity contribution in [1.29, 1.82) is 0 Å². The lowest BCUT2D eigenvalue weighted by molar-refractivity contribution is 0.0703. The quantitative estimate of drug-likeness (QED) is 0.848. The van der Waals surface area contributed by atoms with Crippen LogP contribution in [0.1, 0.15) is 20.0 Å². The zero-order chi connectivity index (χ0) is 13.8. The molecule has 0 saturated heterocycles. The molecule has 0 aliphatic heterocycles. The molecule has 0 saturated carbocycles. The lowest BCUT2D eigenvalue weighted by atomic mass is 10.2. The van der Waals surface area contributed by atoms with Gasteiger partial charge in [-0.1, -0.05) is 0 Å². The van der Waals surface area contributed by atoms with Crippen LogP contribution in [0.25, 0.3) is 0 Å². The van der Waals surface area contributed by atoms with Crippen LogP contribution in [-0.2, 0) is 0 Å². The Kier molecular flexibility index (Phi) is 4.24. The van der Waals surface area contributed by atoms with Crippen molar-refractivity contribution in [3.05, 3.63) is 46.2 Å². The molecule has 6 heteroatoms. The molecule has 98 valence electrons. The Labute approximate surface area is 118 Å². The number of nitrogens with one attached hydrogen (secondary N) is 1. The van der Waals surface area contributed by atoms with E-state index < -0.39 is 5.97 Å². The third-order valence-corrected chi connectivity index (χ3v) is 4.11. The average Bonchev–Trinajstić information content (AvgIpc) is 2.87. The highest BCUT2D eigenvalue weighted by molar-refractivity contribution is 7.98. The molecule has 1 aromatic carbocycles. The van der Waals surface area contributed by atoms with E-state index in [9.17, 15) is 9.59 Å². The first-order valence-corrected chi connectivity index (χ1v) is 7.48. The number of carboxylic acid groups (broad SMARTS) is 1. The summed E-state index contributed by atoms with van der Waals surface area (Å²) in [5, 5.41) is 13.2. The Balaban J connectivity index is 2.16. The second-order valence-electron chi connectivity index (χ2n) is 3.65. The van der Waals surface area contributed by atoms with Gasteiger partial charge >= 0.3 is 5.97 Å². The van der Waals surface area contributed by atoms with Gasteiger partial charge in [-0.15, -0.1) is 23.1 Å². The van der Waals surface area contributed by atoms with E-state index in [-0.39, 0.29) is 10.8 Å². The van der Waals surface area contributed by atoms with Crippen LogP contribution in [0, 0.1) is 0 Å². The van der Waals surface area contributed by atoms with E-state index in [1.54, 1.807) is 35.3 Å². The number of aromatic carboxylic acids is 1. The molecule has 1 aromatic heterocycles. The molecule has 0 bridgehead atoms. The van der Waals surface area contributed by atoms with Gasteiger partial charge < -0.3 is 10.4 Å². The predicted molar refractivity (Wildman–Crippen MR) is 77.5 cm³/mol. The van der Waals surface area contributed by atoms with Crippen molar-refractivity contribution in [3.8, 4) is 0 Å². The fraction of sp³-hybridized carbons (Fsp3) is 0.0769. The van der Waals surface area contributed by atoms with Gasteiger partial charge in [0.25, 0.3) is 5.91 Å². The largest absolute Gasteiger partial charge is 0.477 e.